The maximum Gasteiger partial charge on any atom is 0.229 e. The molecule has 2 aromatic rings. The van der Waals surface area contributed by atoms with Gasteiger partial charge in [-0.15, -0.1) is 0 Å². The number of carbonyl (C=O) groups excluding carboxylic acids is 1. The molecular weight excluding hydrogens is 323 g/mol. The second-order valence-electron chi connectivity index (χ2n) is 5.70. The molecule has 3 N–H and O–H groups in total. The molecular formula is C19H23FN2O3. The average molecular weight is 346 g/mol. The molecule has 0 aliphatic rings. The van der Waals surface area contributed by atoms with Gasteiger partial charge in [-0.05, 0) is 17.7 Å². The molecule has 2 aromatic carbocycles. The Hall–Kier alpha value is -2.44. The fourth-order valence-corrected chi connectivity index (χ4v) is 2.31. The van der Waals surface area contributed by atoms with Crippen molar-refractivity contribution in [1.82, 2.24) is 0 Å². The zero-order valence-electron chi connectivity index (χ0n) is 14.4. The van der Waals surface area contributed by atoms with Crippen LogP contribution in [-0.4, -0.2) is 26.2 Å². The highest BCUT2D eigenvalue weighted by molar-refractivity contribution is 5.92. The highest BCUT2D eigenvalue weighted by Crippen LogP contribution is 2.24. The van der Waals surface area contributed by atoms with Crippen LogP contribution in [0.15, 0.2) is 48.5 Å². The van der Waals surface area contributed by atoms with E-state index < -0.39 is 17.8 Å². The van der Waals surface area contributed by atoms with Crippen LogP contribution in [0.25, 0.3) is 0 Å². The van der Waals surface area contributed by atoms with Crippen molar-refractivity contribution in [2.45, 2.75) is 13.0 Å². The van der Waals surface area contributed by atoms with Gasteiger partial charge in [-0.3, -0.25) is 4.79 Å². The normalized spacial score (nSPS) is 13.1. The fraction of sp³-hybridized carbons (Fsp3) is 0.316. The summed E-state index contributed by atoms with van der Waals surface area (Å²) in [6, 6.07) is 13.2. The van der Waals surface area contributed by atoms with Gasteiger partial charge < -0.3 is 20.5 Å². The van der Waals surface area contributed by atoms with Gasteiger partial charge in [0.1, 0.15) is 6.61 Å². The SMILES string of the molecule is COCCOc1ccc(NC(=O)C(C)C(N)c2ccccc2)cc1F. The Morgan fingerprint density at radius 1 is 1.20 bits per heavy atom. The molecule has 1 amide bonds. The van der Waals surface area contributed by atoms with Crippen molar-refractivity contribution >= 4 is 11.6 Å². The van der Waals surface area contributed by atoms with Gasteiger partial charge in [0.15, 0.2) is 11.6 Å². The van der Waals surface area contributed by atoms with Gasteiger partial charge in [0.25, 0.3) is 0 Å². The molecule has 5 nitrogen and oxygen atoms in total. The molecule has 134 valence electrons. The molecule has 2 atom stereocenters. The zero-order chi connectivity index (χ0) is 18.2. The van der Waals surface area contributed by atoms with E-state index in [1.54, 1.807) is 20.1 Å². The lowest BCUT2D eigenvalue weighted by Crippen LogP contribution is -2.30. The topological polar surface area (TPSA) is 73.6 Å². The maximum absolute atomic E-state index is 14.0. The summed E-state index contributed by atoms with van der Waals surface area (Å²) in [4.78, 5) is 12.4. The predicted molar refractivity (Wildman–Crippen MR) is 94.9 cm³/mol. The molecule has 0 aromatic heterocycles. The van der Waals surface area contributed by atoms with E-state index in [1.807, 2.05) is 30.3 Å². The number of methoxy groups -OCH3 is 1. The zero-order valence-corrected chi connectivity index (χ0v) is 14.4. The van der Waals surface area contributed by atoms with Crippen LogP contribution in [0.3, 0.4) is 0 Å². The first kappa shape index (κ1) is 18.9. The van der Waals surface area contributed by atoms with Gasteiger partial charge >= 0.3 is 0 Å². The van der Waals surface area contributed by atoms with E-state index in [2.05, 4.69) is 5.32 Å². The van der Waals surface area contributed by atoms with Crippen LogP contribution in [0, 0.1) is 11.7 Å². The minimum absolute atomic E-state index is 0.115. The largest absolute Gasteiger partial charge is 0.488 e. The molecule has 0 aliphatic carbocycles. The number of ether oxygens (including phenoxy) is 2. The number of nitrogens with two attached hydrogens (primary N) is 1. The third kappa shape index (κ3) is 5.27. The van der Waals surface area contributed by atoms with Gasteiger partial charge in [-0.1, -0.05) is 37.3 Å². The first-order valence-electron chi connectivity index (χ1n) is 8.05. The smallest absolute Gasteiger partial charge is 0.229 e. The molecule has 0 saturated carbocycles. The number of amides is 1. The monoisotopic (exact) mass is 346 g/mol. The molecule has 0 radical (unpaired) electrons. The van der Waals surface area contributed by atoms with Crippen LogP contribution in [0.1, 0.15) is 18.5 Å². The first-order valence-corrected chi connectivity index (χ1v) is 8.05. The Morgan fingerprint density at radius 3 is 2.56 bits per heavy atom. The van der Waals surface area contributed by atoms with Crippen LogP contribution < -0.4 is 15.8 Å². The first-order chi connectivity index (χ1) is 12.0. The molecule has 0 bridgehead atoms. The number of halogens is 1. The Kier molecular flexibility index (Phi) is 6.91. The van der Waals surface area contributed by atoms with E-state index in [0.29, 0.717) is 12.3 Å². The summed E-state index contributed by atoms with van der Waals surface area (Å²) in [5, 5.41) is 2.69. The Labute approximate surface area is 146 Å². The summed E-state index contributed by atoms with van der Waals surface area (Å²) in [7, 11) is 1.54. The Bertz CT molecular complexity index is 694. The third-order valence-corrected chi connectivity index (χ3v) is 3.88. The van der Waals surface area contributed by atoms with Crippen LogP contribution in [0.4, 0.5) is 10.1 Å². The molecule has 0 fully saturated rings. The van der Waals surface area contributed by atoms with Crippen LogP contribution in [0.2, 0.25) is 0 Å². The van der Waals surface area contributed by atoms with E-state index in [9.17, 15) is 9.18 Å². The van der Waals surface area contributed by atoms with E-state index in [4.69, 9.17) is 15.2 Å². The predicted octanol–water partition coefficient (Wildman–Crippen LogP) is 3.13. The highest BCUT2D eigenvalue weighted by atomic mass is 19.1. The van der Waals surface area contributed by atoms with E-state index in [-0.39, 0.29) is 18.3 Å². The van der Waals surface area contributed by atoms with Crippen LogP contribution in [-0.2, 0) is 9.53 Å². The van der Waals surface area contributed by atoms with Crippen molar-refractivity contribution in [3.8, 4) is 5.75 Å². The molecule has 6 heteroatoms. The molecule has 25 heavy (non-hydrogen) atoms. The fourth-order valence-electron chi connectivity index (χ4n) is 2.31. The van der Waals surface area contributed by atoms with Gasteiger partial charge in [0, 0.05) is 24.9 Å². The molecule has 0 aliphatic heterocycles. The number of hydrogen-bond donors (Lipinski definition) is 2. The molecule has 2 unspecified atom stereocenters. The number of hydrogen-bond acceptors (Lipinski definition) is 4. The summed E-state index contributed by atoms with van der Waals surface area (Å²) in [6.45, 7) is 2.36. The van der Waals surface area contributed by atoms with Gasteiger partial charge in [0.05, 0.1) is 12.5 Å². The van der Waals surface area contributed by atoms with Crippen molar-refractivity contribution in [3.63, 3.8) is 0 Å². The molecule has 2 rings (SSSR count). The minimum Gasteiger partial charge on any atom is -0.488 e. The van der Waals surface area contributed by atoms with Crippen molar-refractivity contribution in [1.29, 1.82) is 0 Å². The number of nitrogens with one attached hydrogen (secondary N) is 1. The van der Waals surface area contributed by atoms with E-state index >= 15 is 0 Å². The number of carbonyl (C=O) groups is 1. The number of anilines is 1. The minimum atomic E-state index is -0.547. The number of benzene rings is 2. The van der Waals surface area contributed by atoms with Crippen molar-refractivity contribution in [3.05, 3.63) is 59.9 Å². The van der Waals surface area contributed by atoms with Crippen molar-refractivity contribution < 1.29 is 18.7 Å². The quantitative estimate of drug-likeness (QED) is 0.720. The van der Waals surface area contributed by atoms with Crippen molar-refractivity contribution in [2.75, 3.05) is 25.6 Å². The number of rotatable bonds is 8. The standard InChI is InChI=1S/C19H23FN2O3/c1-13(18(21)14-6-4-3-5-7-14)19(23)22-15-8-9-17(16(20)12-15)25-11-10-24-2/h3-9,12-13,18H,10-11,21H2,1-2H3,(H,22,23). The van der Waals surface area contributed by atoms with Crippen molar-refractivity contribution in [2.24, 2.45) is 11.7 Å². The summed E-state index contributed by atoms with van der Waals surface area (Å²) >= 11 is 0. The highest BCUT2D eigenvalue weighted by Gasteiger charge is 2.22. The Morgan fingerprint density at radius 2 is 1.92 bits per heavy atom. The second kappa shape index (κ2) is 9.15. The van der Waals surface area contributed by atoms with Gasteiger partial charge in [-0.25, -0.2) is 4.39 Å². The summed E-state index contributed by atoms with van der Waals surface area (Å²) in [6.07, 6.45) is 0. The molecule has 0 saturated heterocycles. The Balaban J connectivity index is 1.98. The lowest BCUT2D eigenvalue weighted by atomic mass is 9.94. The third-order valence-electron chi connectivity index (χ3n) is 3.88. The van der Waals surface area contributed by atoms with Gasteiger partial charge in [0.2, 0.25) is 5.91 Å². The maximum atomic E-state index is 14.0. The summed E-state index contributed by atoms with van der Waals surface area (Å²) in [5.74, 6) is -1.18. The summed E-state index contributed by atoms with van der Waals surface area (Å²) < 4.78 is 24.1. The van der Waals surface area contributed by atoms with Crippen LogP contribution >= 0.6 is 0 Å². The second-order valence-corrected chi connectivity index (χ2v) is 5.70. The van der Waals surface area contributed by atoms with E-state index in [1.165, 1.54) is 12.1 Å². The molecule has 0 spiro atoms. The average Bonchev–Trinajstić information content (AvgIpc) is 2.63. The van der Waals surface area contributed by atoms with Gasteiger partial charge in [-0.2, -0.15) is 0 Å². The lowest BCUT2D eigenvalue weighted by molar-refractivity contribution is -0.120. The summed E-state index contributed by atoms with van der Waals surface area (Å²) in [5.41, 5.74) is 7.38. The van der Waals surface area contributed by atoms with Crippen LogP contribution in [0.5, 0.6) is 5.75 Å². The van der Waals surface area contributed by atoms with E-state index in [0.717, 1.165) is 5.56 Å². The molecule has 0 heterocycles. The lowest BCUT2D eigenvalue weighted by Gasteiger charge is -2.20.